The lowest BCUT2D eigenvalue weighted by Crippen LogP contribution is -2.39. The highest BCUT2D eigenvalue weighted by molar-refractivity contribution is 7.07. The van der Waals surface area contributed by atoms with Crippen LogP contribution < -0.4 is 19.6 Å². The summed E-state index contributed by atoms with van der Waals surface area (Å²) in [7, 11) is 0. The molecule has 0 unspecified atom stereocenters. The number of allylic oxidation sites excluding steroid dienone is 1. The predicted molar refractivity (Wildman–Crippen MR) is 162 cm³/mol. The number of esters is 1. The molecule has 1 atom stereocenters. The van der Waals surface area contributed by atoms with E-state index in [-0.39, 0.29) is 17.7 Å². The maximum atomic E-state index is 13.8. The third-order valence-electron chi connectivity index (χ3n) is 7.15. The monoisotopic (exact) mass is 578 g/mol. The number of aromatic nitrogens is 1. The van der Waals surface area contributed by atoms with Crippen LogP contribution in [0.1, 0.15) is 36.6 Å². The quantitative estimate of drug-likeness (QED) is 0.234. The van der Waals surface area contributed by atoms with Gasteiger partial charge < -0.3 is 9.47 Å². The molecule has 0 bridgehead atoms. The van der Waals surface area contributed by atoms with Crippen molar-refractivity contribution in [1.29, 1.82) is 0 Å². The lowest BCUT2D eigenvalue weighted by Gasteiger charge is -2.24. The number of ether oxygens (including phenoxy) is 2. The summed E-state index contributed by atoms with van der Waals surface area (Å²) >= 11 is 1.24. The first kappa shape index (κ1) is 27.4. The van der Waals surface area contributed by atoms with Gasteiger partial charge in [0, 0.05) is 0 Å². The molecule has 0 saturated heterocycles. The Labute approximate surface area is 245 Å². The molecule has 0 amide bonds. The Hall–Kier alpha value is -4.82. The van der Waals surface area contributed by atoms with Crippen LogP contribution in [0.15, 0.2) is 112 Å². The van der Waals surface area contributed by atoms with Crippen LogP contribution in [-0.4, -0.2) is 17.1 Å². The van der Waals surface area contributed by atoms with Crippen molar-refractivity contribution < 1.29 is 18.7 Å². The topological polar surface area (TPSA) is 69.9 Å². The van der Waals surface area contributed by atoms with Gasteiger partial charge in [-0.25, -0.2) is 14.2 Å². The fourth-order valence-electron chi connectivity index (χ4n) is 5.14. The molecule has 42 heavy (non-hydrogen) atoms. The van der Waals surface area contributed by atoms with E-state index in [4.69, 9.17) is 9.47 Å². The summed E-state index contributed by atoms with van der Waals surface area (Å²) in [6.45, 7) is 4.05. The van der Waals surface area contributed by atoms with E-state index in [9.17, 15) is 14.0 Å². The number of carbonyl (C=O) groups is 1. The van der Waals surface area contributed by atoms with E-state index in [0.29, 0.717) is 33.0 Å². The van der Waals surface area contributed by atoms with Gasteiger partial charge in [0.25, 0.3) is 5.56 Å². The average molecular weight is 579 g/mol. The third-order valence-corrected chi connectivity index (χ3v) is 8.14. The van der Waals surface area contributed by atoms with E-state index in [1.165, 1.54) is 33.4 Å². The van der Waals surface area contributed by atoms with E-state index >= 15 is 0 Å². The van der Waals surface area contributed by atoms with E-state index < -0.39 is 17.8 Å². The van der Waals surface area contributed by atoms with Gasteiger partial charge in [0.2, 0.25) is 0 Å². The minimum absolute atomic E-state index is 0.178. The first-order valence-electron chi connectivity index (χ1n) is 13.6. The fourth-order valence-corrected chi connectivity index (χ4v) is 6.19. The second-order valence-electron chi connectivity index (χ2n) is 9.85. The van der Waals surface area contributed by atoms with Crippen molar-refractivity contribution in [3.05, 3.63) is 144 Å². The van der Waals surface area contributed by atoms with Crippen molar-refractivity contribution in [2.45, 2.75) is 26.5 Å². The molecule has 8 heteroatoms. The van der Waals surface area contributed by atoms with Crippen molar-refractivity contribution in [3.8, 4) is 5.75 Å². The molecule has 0 fully saturated rings. The molecular formula is C34H27FN2O4S. The van der Waals surface area contributed by atoms with Gasteiger partial charge in [-0.05, 0) is 71.7 Å². The fraction of sp³-hybridized carbons (Fsp3) is 0.147. The Kier molecular flexibility index (Phi) is 7.54. The molecule has 4 aromatic carbocycles. The zero-order valence-corrected chi connectivity index (χ0v) is 23.9. The summed E-state index contributed by atoms with van der Waals surface area (Å²) in [6.07, 6.45) is 1.80. The van der Waals surface area contributed by atoms with Gasteiger partial charge in [0.15, 0.2) is 4.80 Å². The minimum atomic E-state index is -0.784. The van der Waals surface area contributed by atoms with Crippen molar-refractivity contribution in [2.24, 2.45) is 4.99 Å². The number of thiazole rings is 1. The third kappa shape index (κ3) is 5.29. The molecule has 5 aromatic rings. The standard InChI is InChI=1S/C34H27FN2O4S/c1-3-40-33(39)30-21(2)36-34-37(31(30)24-13-15-26(35)16-14-24)32(38)29(42-34)19-22-11-17-27(18-12-22)41-20-25-9-6-8-23-7-4-5-10-28(23)25/h4-19,31H,3,20H2,1-2H3/b29-19-/t31-/m1/s1. The van der Waals surface area contributed by atoms with Gasteiger partial charge in [-0.2, -0.15) is 0 Å². The van der Waals surface area contributed by atoms with E-state index in [0.717, 1.165) is 16.5 Å². The Morgan fingerprint density at radius 1 is 1.00 bits per heavy atom. The molecule has 0 radical (unpaired) electrons. The van der Waals surface area contributed by atoms with Gasteiger partial charge in [-0.1, -0.05) is 78.1 Å². The van der Waals surface area contributed by atoms with Crippen LogP contribution in [0, 0.1) is 5.82 Å². The zero-order valence-electron chi connectivity index (χ0n) is 23.0. The van der Waals surface area contributed by atoms with Crippen LogP contribution in [0.5, 0.6) is 5.75 Å². The number of benzene rings is 4. The molecule has 0 N–H and O–H groups in total. The highest BCUT2D eigenvalue weighted by Gasteiger charge is 2.33. The summed E-state index contributed by atoms with van der Waals surface area (Å²) in [5.74, 6) is -0.247. The van der Waals surface area contributed by atoms with Gasteiger partial charge in [-0.3, -0.25) is 9.36 Å². The lowest BCUT2D eigenvalue weighted by atomic mass is 9.96. The van der Waals surface area contributed by atoms with Crippen LogP contribution in [0.4, 0.5) is 4.39 Å². The molecule has 1 aliphatic rings. The highest BCUT2D eigenvalue weighted by atomic mass is 32.1. The van der Waals surface area contributed by atoms with Gasteiger partial charge in [0.05, 0.1) is 28.5 Å². The molecule has 0 spiro atoms. The van der Waals surface area contributed by atoms with Crippen molar-refractivity contribution in [2.75, 3.05) is 6.61 Å². The summed E-state index contributed by atoms with van der Waals surface area (Å²) in [4.78, 5) is 31.8. The second kappa shape index (κ2) is 11.6. The number of halogens is 1. The predicted octanol–water partition coefficient (Wildman–Crippen LogP) is 5.67. The Morgan fingerprint density at radius 3 is 2.50 bits per heavy atom. The van der Waals surface area contributed by atoms with Gasteiger partial charge in [-0.15, -0.1) is 0 Å². The largest absolute Gasteiger partial charge is 0.489 e. The minimum Gasteiger partial charge on any atom is -0.489 e. The second-order valence-corrected chi connectivity index (χ2v) is 10.9. The Morgan fingerprint density at radius 2 is 1.74 bits per heavy atom. The Balaban J connectivity index is 1.31. The molecule has 1 aliphatic heterocycles. The molecule has 6 nitrogen and oxygen atoms in total. The normalized spacial score (nSPS) is 14.9. The van der Waals surface area contributed by atoms with Crippen LogP contribution in [0.2, 0.25) is 0 Å². The number of nitrogens with zero attached hydrogens (tertiary/aromatic N) is 2. The first-order valence-corrected chi connectivity index (χ1v) is 14.4. The molecule has 6 rings (SSSR count). The molecule has 0 aliphatic carbocycles. The number of fused-ring (bicyclic) bond motifs is 2. The van der Waals surface area contributed by atoms with Gasteiger partial charge >= 0.3 is 5.97 Å². The van der Waals surface area contributed by atoms with Crippen LogP contribution in [0.25, 0.3) is 16.8 Å². The van der Waals surface area contributed by atoms with Crippen molar-refractivity contribution in [1.82, 2.24) is 4.57 Å². The van der Waals surface area contributed by atoms with Crippen molar-refractivity contribution in [3.63, 3.8) is 0 Å². The molecular weight excluding hydrogens is 551 g/mol. The maximum absolute atomic E-state index is 13.8. The highest BCUT2D eigenvalue weighted by Crippen LogP contribution is 2.31. The summed E-state index contributed by atoms with van der Waals surface area (Å²) in [6, 6.07) is 26.9. The van der Waals surface area contributed by atoms with E-state index in [2.05, 4.69) is 29.3 Å². The van der Waals surface area contributed by atoms with E-state index in [1.54, 1.807) is 32.1 Å². The molecule has 0 saturated carbocycles. The van der Waals surface area contributed by atoms with Crippen LogP contribution >= 0.6 is 11.3 Å². The summed E-state index contributed by atoms with van der Waals surface area (Å²) < 4.78 is 27.1. The first-order chi connectivity index (χ1) is 20.4. The number of hydrogen-bond acceptors (Lipinski definition) is 6. The summed E-state index contributed by atoms with van der Waals surface area (Å²) in [5.41, 5.74) is 2.94. The Bertz CT molecular complexity index is 2000. The maximum Gasteiger partial charge on any atom is 0.338 e. The summed E-state index contributed by atoms with van der Waals surface area (Å²) in [5, 5.41) is 2.33. The molecule has 2 heterocycles. The lowest BCUT2D eigenvalue weighted by molar-refractivity contribution is -0.139. The van der Waals surface area contributed by atoms with Crippen LogP contribution in [0.3, 0.4) is 0 Å². The average Bonchev–Trinajstić information content (AvgIpc) is 3.30. The van der Waals surface area contributed by atoms with Crippen molar-refractivity contribution >= 4 is 34.2 Å². The van der Waals surface area contributed by atoms with Crippen LogP contribution in [-0.2, 0) is 16.1 Å². The van der Waals surface area contributed by atoms with E-state index in [1.807, 2.05) is 42.5 Å². The number of hydrogen-bond donors (Lipinski definition) is 0. The number of rotatable bonds is 7. The SMILES string of the molecule is CCOC(=O)C1=C(C)N=c2s/c(=C\c3ccc(OCc4cccc5ccccc45)cc3)c(=O)n2[C@@H]1c1ccc(F)cc1. The molecule has 210 valence electrons. The zero-order chi connectivity index (χ0) is 29.2. The smallest absolute Gasteiger partial charge is 0.338 e. The van der Waals surface area contributed by atoms with Gasteiger partial charge in [0.1, 0.15) is 18.2 Å². The molecule has 1 aromatic heterocycles. The number of carbonyl (C=O) groups excluding carboxylic acids is 1.